The molecule has 1 heterocycles. The Bertz CT molecular complexity index is 434. The van der Waals surface area contributed by atoms with E-state index in [0.29, 0.717) is 13.0 Å². The van der Waals surface area contributed by atoms with Crippen molar-refractivity contribution >= 4 is 18.3 Å². The first kappa shape index (κ1) is 17.0. The molecule has 1 aliphatic heterocycles. The summed E-state index contributed by atoms with van der Waals surface area (Å²) in [5.41, 5.74) is 2.37. The van der Waals surface area contributed by atoms with Gasteiger partial charge in [0.2, 0.25) is 5.91 Å². The highest BCUT2D eigenvalue weighted by Crippen LogP contribution is 2.16. The number of carbonyl (C=O) groups excluding carboxylic acids is 1. The number of amides is 1. The van der Waals surface area contributed by atoms with Crippen molar-refractivity contribution in [3.8, 4) is 0 Å². The standard InChI is InChI=1S/C15H22N2O2.ClH/c1-11-5-3-4-6-14(11)12(2)17-15(18)9-13-10-19-8-7-16-13;/h3-6,12-13,16H,7-10H2,1-2H3,(H,17,18);1H. The number of aryl methyl sites for hydroxylation is 1. The van der Waals surface area contributed by atoms with Crippen LogP contribution in [0.1, 0.15) is 30.5 Å². The summed E-state index contributed by atoms with van der Waals surface area (Å²) >= 11 is 0. The zero-order valence-corrected chi connectivity index (χ0v) is 12.8. The largest absolute Gasteiger partial charge is 0.378 e. The molecule has 0 spiro atoms. The number of rotatable bonds is 4. The third-order valence-electron chi connectivity index (χ3n) is 3.46. The molecule has 2 unspecified atom stereocenters. The van der Waals surface area contributed by atoms with Gasteiger partial charge in [-0.2, -0.15) is 0 Å². The topological polar surface area (TPSA) is 50.4 Å². The Morgan fingerprint density at radius 1 is 1.50 bits per heavy atom. The minimum Gasteiger partial charge on any atom is -0.378 e. The second kappa shape index (κ2) is 8.25. The number of morpholine rings is 1. The maximum atomic E-state index is 12.0. The number of halogens is 1. The van der Waals surface area contributed by atoms with Gasteiger partial charge in [-0.3, -0.25) is 4.79 Å². The molecule has 0 aromatic heterocycles. The summed E-state index contributed by atoms with van der Waals surface area (Å²) in [5.74, 6) is 0.0683. The van der Waals surface area contributed by atoms with Gasteiger partial charge in [-0.15, -0.1) is 12.4 Å². The van der Waals surface area contributed by atoms with Gasteiger partial charge in [0.1, 0.15) is 0 Å². The highest BCUT2D eigenvalue weighted by atomic mass is 35.5. The van der Waals surface area contributed by atoms with Crippen molar-refractivity contribution in [3.05, 3.63) is 35.4 Å². The van der Waals surface area contributed by atoms with Crippen LogP contribution in [-0.4, -0.2) is 31.7 Å². The molecule has 5 heteroatoms. The van der Waals surface area contributed by atoms with Crippen LogP contribution in [0.25, 0.3) is 0 Å². The molecule has 112 valence electrons. The molecular formula is C15H23ClN2O2. The molecule has 2 atom stereocenters. The number of ether oxygens (including phenoxy) is 1. The van der Waals surface area contributed by atoms with Crippen molar-refractivity contribution in [3.63, 3.8) is 0 Å². The minimum absolute atomic E-state index is 0. The smallest absolute Gasteiger partial charge is 0.222 e. The van der Waals surface area contributed by atoms with Gasteiger partial charge < -0.3 is 15.4 Å². The van der Waals surface area contributed by atoms with E-state index < -0.39 is 0 Å². The van der Waals surface area contributed by atoms with E-state index in [0.717, 1.165) is 13.2 Å². The fourth-order valence-electron chi connectivity index (χ4n) is 2.43. The lowest BCUT2D eigenvalue weighted by molar-refractivity contribution is -0.122. The summed E-state index contributed by atoms with van der Waals surface area (Å²) in [7, 11) is 0. The molecule has 0 radical (unpaired) electrons. The van der Waals surface area contributed by atoms with Crippen molar-refractivity contribution in [2.45, 2.75) is 32.4 Å². The van der Waals surface area contributed by atoms with E-state index >= 15 is 0 Å². The summed E-state index contributed by atoms with van der Waals surface area (Å²) in [6.07, 6.45) is 0.468. The lowest BCUT2D eigenvalue weighted by Crippen LogP contribution is -2.44. The van der Waals surface area contributed by atoms with Gasteiger partial charge in [-0.1, -0.05) is 24.3 Å². The number of benzene rings is 1. The Balaban J connectivity index is 0.00000200. The van der Waals surface area contributed by atoms with E-state index in [9.17, 15) is 4.79 Å². The first-order valence-electron chi connectivity index (χ1n) is 6.83. The van der Waals surface area contributed by atoms with E-state index in [1.165, 1.54) is 11.1 Å². The van der Waals surface area contributed by atoms with Gasteiger partial charge in [0.15, 0.2) is 0 Å². The van der Waals surface area contributed by atoms with Crippen molar-refractivity contribution in [2.24, 2.45) is 0 Å². The first-order valence-corrected chi connectivity index (χ1v) is 6.83. The Morgan fingerprint density at radius 2 is 2.25 bits per heavy atom. The summed E-state index contributed by atoms with van der Waals surface area (Å²) in [6, 6.07) is 8.31. The second-order valence-electron chi connectivity index (χ2n) is 5.08. The molecule has 1 aliphatic rings. The van der Waals surface area contributed by atoms with Crippen molar-refractivity contribution in [1.82, 2.24) is 10.6 Å². The molecule has 1 aromatic carbocycles. The zero-order valence-electron chi connectivity index (χ0n) is 12.0. The Morgan fingerprint density at radius 3 is 2.90 bits per heavy atom. The van der Waals surface area contributed by atoms with Crippen LogP contribution >= 0.6 is 12.4 Å². The highest BCUT2D eigenvalue weighted by Gasteiger charge is 2.18. The van der Waals surface area contributed by atoms with Gasteiger partial charge in [0.05, 0.1) is 19.3 Å². The van der Waals surface area contributed by atoms with Gasteiger partial charge in [-0.25, -0.2) is 0 Å². The van der Waals surface area contributed by atoms with Gasteiger partial charge in [-0.05, 0) is 25.0 Å². The number of hydrogen-bond donors (Lipinski definition) is 2. The van der Waals surface area contributed by atoms with E-state index in [4.69, 9.17) is 4.74 Å². The molecule has 1 amide bonds. The molecule has 1 aromatic rings. The van der Waals surface area contributed by atoms with Crippen LogP contribution in [0.3, 0.4) is 0 Å². The molecule has 1 saturated heterocycles. The summed E-state index contributed by atoms with van der Waals surface area (Å²) in [6.45, 7) is 6.26. The van der Waals surface area contributed by atoms with Crippen molar-refractivity contribution < 1.29 is 9.53 Å². The molecule has 0 aliphatic carbocycles. The fourth-order valence-corrected chi connectivity index (χ4v) is 2.43. The third kappa shape index (κ3) is 4.78. The van der Waals surface area contributed by atoms with Crippen LogP contribution in [0, 0.1) is 6.92 Å². The molecule has 2 N–H and O–H groups in total. The Kier molecular flexibility index (Phi) is 6.99. The van der Waals surface area contributed by atoms with Gasteiger partial charge in [0, 0.05) is 19.0 Å². The van der Waals surface area contributed by atoms with Crippen molar-refractivity contribution in [1.29, 1.82) is 0 Å². The molecule has 2 rings (SSSR count). The van der Waals surface area contributed by atoms with E-state index in [1.54, 1.807) is 0 Å². The molecule has 4 nitrogen and oxygen atoms in total. The highest BCUT2D eigenvalue weighted by molar-refractivity contribution is 5.85. The minimum atomic E-state index is 0. The first-order chi connectivity index (χ1) is 9.16. The predicted octanol–water partition coefficient (Wildman–Crippen LogP) is 1.97. The number of carbonyl (C=O) groups is 1. The third-order valence-corrected chi connectivity index (χ3v) is 3.46. The SMILES string of the molecule is Cc1ccccc1C(C)NC(=O)CC1COCCN1.Cl. The molecular weight excluding hydrogens is 276 g/mol. The summed E-state index contributed by atoms with van der Waals surface area (Å²) in [4.78, 5) is 12.0. The molecule has 0 bridgehead atoms. The van der Waals surface area contributed by atoms with Crippen LogP contribution in [0.5, 0.6) is 0 Å². The van der Waals surface area contributed by atoms with Crippen LogP contribution in [0.4, 0.5) is 0 Å². The quantitative estimate of drug-likeness (QED) is 0.893. The maximum Gasteiger partial charge on any atom is 0.222 e. The molecule has 20 heavy (non-hydrogen) atoms. The average molecular weight is 299 g/mol. The molecule has 0 saturated carbocycles. The van der Waals surface area contributed by atoms with E-state index in [2.05, 4.69) is 29.7 Å². The zero-order chi connectivity index (χ0) is 13.7. The van der Waals surface area contributed by atoms with E-state index in [-0.39, 0.29) is 30.4 Å². The summed E-state index contributed by atoms with van der Waals surface area (Å²) in [5, 5.41) is 6.34. The normalized spacial score (nSPS) is 19.8. The van der Waals surface area contributed by atoms with Crippen LogP contribution in [0.15, 0.2) is 24.3 Å². The van der Waals surface area contributed by atoms with E-state index in [1.807, 2.05) is 19.1 Å². The Hall–Kier alpha value is -1.10. The maximum absolute atomic E-state index is 12.0. The number of nitrogens with one attached hydrogen (secondary N) is 2. The van der Waals surface area contributed by atoms with Gasteiger partial charge in [0.25, 0.3) is 0 Å². The summed E-state index contributed by atoms with van der Waals surface area (Å²) < 4.78 is 5.35. The van der Waals surface area contributed by atoms with Crippen molar-refractivity contribution in [2.75, 3.05) is 19.8 Å². The van der Waals surface area contributed by atoms with Crippen LogP contribution in [0.2, 0.25) is 0 Å². The fraction of sp³-hybridized carbons (Fsp3) is 0.533. The Labute approximate surface area is 126 Å². The molecule has 1 fully saturated rings. The van der Waals surface area contributed by atoms with Crippen LogP contribution in [-0.2, 0) is 9.53 Å². The average Bonchev–Trinajstić information content (AvgIpc) is 2.40. The monoisotopic (exact) mass is 298 g/mol. The lowest BCUT2D eigenvalue weighted by atomic mass is 10.0. The predicted molar refractivity (Wildman–Crippen MR) is 82.2 cm³/mol. The number of hydrogen-bond acceptors (Lipinski definition) is 3. The lowest BCUT2D eigenvalue weighted by Gasteiger charge is -2.24. The van der Waals surface area contributed by atoms with Gasteiger partial charge >= 0.3 is 0 Å². The van der Waals surface area contributed by atoms with Crippen LogP contribution < -0.4 is 10.6 Å². The second-order valence-corrected chi connectivity index (χ2v) is 5.08.